The van der Waals surface area contributed by atoms with Crippen LogP contribution in [-0.4, -0.2) is 28.9 Å². The zero-order valence-electron chi connectivity index (χ0n) is 15.6. The maximum absolute atomic E-state index is 10.8. The monoisotopic (exact) mass is 305 g/mol. The van der Waals surface area contributed by atoms with E-state index < -0.39 is 0 Å². The van der Waals surface area contributed by atoms with E-state index in [1.54, 1.807) is 18.7 Å². The van der Waals surface area contributed by atoms with Gasteiger partial charge in [-0.25, -0.2) is 0 Å². The summed E-state index contributed by atoms with van der Waals surface area (Å²) in [6.45, 7) is 21.9. The highest BCUT2D eigenvalue weighted by Crippen LogP contribution is 2.23. The molecule has 0 aliphatic heterocycles. The van der Waals surface area contributed by atoms with Crippen molar-refractivity contribution in [3.63, 3.8) is 0 Å². The van der Waals surface area contributed by atoms with E-state index in [-0.39, 0.29) is 10.5 Å². The van der Waals surface area contributed by atoms with Crippen LogP contribution < -0.4 is 5.32 Å². The molecule has 0 aliphatic carbocycles. The van der Waals surface area contributed by atoms with E-state index in [0.717, 1.165) is 12.5 Å². The second-order valence-corrected chi connectivity index (χ2v) is 8.41. The van der Waals surface area contributed by atoms with Crippen molar-refractivity contribution in [2.24, 2.45) is 5.92 Å². The first kappa shape index (κ1) is 25.0. The molecule has 0 aromatic heterocycles. The van der Waals surface area contributed by atoms with Gasteiger partial charge in [0.25, 0.3) is 0 Å². The Bertz CT molecular complexity index is 210. The molecule has 0 unspecified atom stereocenters. The highest BCUT2D eigenvalue weighted by molar-refractivity contribution is 8.01. The summed E-state index contributed by atoms with van der Waals surface area (Å²) in [5, 5.41) is 3.38. The summed E-state index contributed by atoms with van der Waals surface area (Å²) in [6, 6.07) is 0.511. The fourth-order valence-electron chi connectivity index (χ4n) is 0.798. The molecule has 0 rings (SSSR count). The van der Waals surface area contributed by atoms with E-state index in [1.807, 2.05) is 0 Å². The number of hydrogen-bond acceptors (Lipinski definition) is 3. The van der Waals surface area contributed by atoms with Crippen molar-refractivity contribution in [2.45, 2.75) is 86.4 Å². The van der Waals surface area contributed by atoms with Crippen LogP contribution in [0.2, 0.25) is 0 Å². The van der Waals surface area contributed by atoms with Gasteiger partial charge in [0.05, 0.1) is 5.75 Å². The molecular formula is C17H39NOS. The summed E-state index contributed by atoms with van der Waals surface area (Å²) in [6.07, 6.45) is 1.25. The van der Waals surface area contributed by atoms with E-state index in [0.29, 0.717) is 11.8 Å². The van der Waals surface area contributed by atoms with Gasteiger partial charge in [-0.3, -0.25) is 4.79 Å². The molecule has 3 heteroatoms. The lowest BCUT2D eigenvalue weighted by atomic mass is 10.2. The van der Waals surface area contributed by atoms with E-state index in [2.05, 4.69) is 67.6 Å². The third-order valence-corrected chi connectivity index (χ3v) is 3.08. The molecule has 0 aromatic rings. The van der Waals surface area contributed by atoms with Gasteiger partial charge >= 0.3 is 0 Å². The third-order valence-electron chi connectivity index (χ3n) is 1.60. The van der Waals surface area contributed by atoms with Crippen molar-refractivity contribution in [2.75, 3.05) is 12.3 Å². The average Bonchev–Trinajstić information content (AvgIpc) is 2.24. The Morgan fingerprint density at radius 3 is 1.70 bits per heavy atom. The van der Waals surface area contributed by atoms with Crippen LogP contribution in [0.15, 0.2) is 0 Å². The Hall–Kier alpha value is -0.0200. The molecule has 0 bridgehead atoms. The van der Waals surface area contributed by atoms with Gasteiger partial charge in [-0.1, -0.05) is 54.9 Å². The first-order chi connectivity index (χ1) is 8.98. The van der Waals surface area contributed by atoms with Crippen LogP contribution in [0, 0.1) is 5.92 Å². The number of nitrogens with one attached hydrogen (secondary N) is 1. The zero-order chi connectivity index (χ0) is 16.8. The Morgan fingerprint density at radius 1 is 1.10 bits per heavy atom. The second kappa shape index (κ2) is 15.4. The lowest BCUT2D eigenvalue weighted by Gasteiger charge is -2.25. The number of thioether (sulfide) groups is 1. The highest BCUT2D eigenvalue weighted by Gasteiger charge is 2.18. The van der Waals surface area contributed by atoms with Crippen molar-refractivity contribution >= 4 is 17.5 Å². The van der Waals surface area contributed by atoms with Gasteiger partial charge in [0, 0.05) is 17.3 Å². The largest absolute Gasteiger partial charge is 0.313 e. The van der Waals surface area contributed by atoms with E-state index in [1.165, 1.54) is 6.42 Å². The SMILES string of the molecule is CC(=O)CSC(C)(C)CNC(C)C.CC(C)C.CCC. The molecule has 0 amide bonds. The maximum Gasteiger partial charge on any atom is 0.139 e. The predicted molar refractivity (Wildman–Crippen MR) is 96.8 cm³/mol. The van der Waals surface area contributed by atoms with Crippen molar-refractivity contribution in [3.8, 4) is 0 Å². The summed E-state index contributed by atoms with van der Waals surface area (Å²) >= 11 is 1.72. The predicted octanol–water partition coefficient (Wildman–Crippen LogP) is 5.16. The van der Waals surface area contributed by atoms with Crippen molar-refractivity contribution in [1.82, 2.24) is 5.32 Å². The molecule has 0 fully saturated rings. The molecule has 124 valence electrons. The van der Waals surface area contributed by atoms with Gasteiger partial charge in [0.1, 0.15) is 5.78 Å². The first-order valence-electron chi connectivity index (χ1n) is 7.85. The maximum atomic E-state index is 10.8. The molecule has 2 nitrogen and oxygen atoms in total. The lowest BCUT2D eigenvalue weighted by molar-refractivity contribution is -0.114. The molecular weight excluding hydrogens is 266 g/mol. The van der Waals surface area contributed by atoms with Crippen LogP contribution in [-0.2, 0) is 4.79 Å². The quantitative estimate of drug-likeness (QED) is 0.734. The molecule has 0 saturated heterocycles. The summed E-state index contributed by atoms with van der Waals surface area (Å²) in [5.74, 6) is 1.70. The molecule has 20 heavy (non-hydrogen) atoms. The summed E-state index contributed by atoms with van der Waals surface area (Å²) in [4.78, 5) is 10.8. The standard InChI is InChI=1S/C10H21NOS.C4H10.C3H8/c1-8(2)11-7-10(4,5)13-6-9(3)12;1-4(2)3;1-3-2/h8,11H,6-7H2,1-5H3;4H,1-3H3;3H2,1-2H3. The Balaban J connectivity index is -0.000000343. The second-order valence-electron chi connectivity index (χ2n) is 6.73. The van der Waals surface area contributed by atoms with E-state index in [4.69, 9.17) is 0 Å². The number of rotatable bonds is 6. The fraction of sp³-hybridized carbons (Fsp3) is 0.941. The van der Waals surface area contributed by atoms with Crippen LogP contribution in [0.4, 0.5) is 0 Å². The third kappa shape index (κ3) is 36.1. The smallest absolute Gasteiger partial charge is 0.139 e. The van der Waals surface area contributed by atoms with Gasteiger partial charge < -0.3 is 5.32 Å². The number of Topliss-reactive ketones (excluding diaryl/α,β-unsaturated/α-hetero) is 1. The number of hydrogen-bond donors (Lipinski definition) is 1. The topological polar surface area (TPSA) is 29.1 Å². The molecule has 0 atom stereocenters. The minimum atomic E-state index is 0.149. The molecule has 0 heterocycles. The minimum absolute atomic E-state index is 0.149. The van der Waals surface area contributed by atoms with E-state index >= 15 is 0 Å². The van der Waals surface area contributed by atoms with Crippen LogP contribution in [0.25, 0.3) is 0 Å². The number of carbonyl (C=O) groups excluding carboxylic acids is 1. The lowest BCUT2D eigenvalue weighted by Crippen LogP contribution is -2.36. The normalized spacial score (nSPS) is 10.6. The van der Waals surface area contributed by atoms with Gasteiger partial charge in [0.15, 0.2) is 0 Å². The molecule has 0 spiro atoms. The minimum Gasteiger partial charge on any atom is -0.313 e. The van der Waals surface area contributed by atoms with Crippen molar-refractivity contribution in [3.05, 3.63) is 0 Å². The zero-order valence-corrected chi connectivity index (χ0v) is 16.4. The Labute approximate surface area is 132 Å². The van der Waals surface area contributed by atoms with Crippen LogP contribution in [0.1, 0.15) is 75.7 Å². The summed E-state index contributed by atoms with van der Waals surface area (Å²) < 4.78 is 0.149. The van der Waals surface area contributed by atoms with Crippen LogP contribution in [0.3, 0.4) is 0 Å². The van der Waals surface area contributed by atoms with Crippen LogP contribution in [0.5, 0.6) is 0 Å². The van der Waals surface area contributed by atoms with Gasteiger partial charge in [0.2, 0.25) is 0 Å². The number of carbonyl (C=O) groups is 1. The van der Waals surface area contributed by atoms with Gasteiger partial charge in [-0.2, -0.15) is 0 Å². The Morgan fingerprint density at radius 2 is 1.45 bits per heavy atom. The fourth-order valence-corrected chi connectivity index (χ4v) is 1.58. The Kier molecular flexibility index (Phi) is 19.2. The van der Waals surface area contributed by atoms with Crippen molar-refractivity contribution < 1.29 is 4.79 Å². The molecule has 1 N–H and O–H groups in total. The van der Waals surface area contributed by atoms with Crippen molar-refractivity contribution in [1.29, 1.82) is 0 Å². The summed E-state index contributed by atoms with van der Waals surface area (Å²) in [7, 11) is 0. The van der Waals surface area contributed by atoms with Gasteiger partial charge in [-0.15, -0.1) is 11.8 Å². The molecule has 0 saturated carbocycles. The summed E-state index contributed by atoms with van der Waals surface area (Å²) in [5.41, 5.74) is 0. The molecule has 0 aliphatic rings. The average molecular weight is 306 g/mol. The molecule has 0 radical (unpaired) electrons. The number of ketones is 1. The van der Waals surface area contributed by atoms with E-state index in [9.17, 15) is 4.79 Å². The first-order valence-corrected chi connectivity index (χ1v) is 8.83. The van der Waals surface area contributed by atoms with Crippen LogP contribution >= 0.6 is 11.8 Å². The molecule has 0 aromatic carbocycles. The van der Waals surface area contributed by atoms with Gasteiger partial charge in [-0.05, 0) is 26.7 Å². The highest BCUT2D eigenvalue weighted by atomic mass is 32.2.